The van der Waals surface area contributed by atoms with E-state index >= 15 is 0 Å². The van der Waals surface area contributed by atoms with E-state index in [0.29, 0.717) is 23.8 Å². The van der Waals surface area contributed by atoms with Crippen LogP contribution in [0.5, 0.6) is 17.2 Å². The van der Waals surface area contributed by atoms with Gasteiger partial charge in [0.25, 0.3) is 0 Å². The molecule has 2 aliphatic heterocycles. The monoisotopic (exact) mass is 439 g/mol. The molecule has 7 heteroatoms. The fraction of sp³-hybridized carbons (Fsp3) is 0.480. The molecule has 4 rings (SSSR count). The molecule has 0 radical (unpaired) electrons. The number of anilines is 1. The number of benzene rings is 2. The molecule has 1 spiro atoms. The summed E-state index contributed by atoms with van der Waals surface area (Å²) in [4.78, 5) is 17.1. The molecular formula is C25H33N3O4. The van der Waals surface area contributed by atoms with Crippen molar-refractivity contribution in [3.63, 3.8) is 0 Å². The van der Waals surface area contributed by atoms with E-state index in [2.05, 4.69) is 28.4 Å². The van der Waals surface area contributed by atoms with Gasteiger partial charge in [0.15, 0.2) is 11.5 Å². The van der Waals surface area contributed by atoms with Gasteiger partial charge in [-0.25, -0.2) is 4.79 Å². The molecule has 2 aliphatic rings. The maximum atomic E-state index is 12.7. The lowest BCUT2D eigenvalue weighted by molar-refractivity contribution is 0.159. The number of hydrogen-bond acceptors (Lipinski definition) is 5. The number of carbonyl (C=O) groups excluding carboxylic acids is 1. The molecule has 32 heavy (non-hydrogen) atoms. The van der Waals surface area contributed by atoms with Gasteiger partial charge in [0.05, 0.1) is 21.3 Å². The molecule has 1 fully saturated rings. The van der Waals surface area contributed by atoms with E-state index in [1.54, 1.807) is 21.3 Å². The number of para-hydroxylation sites is 1. The quantitative estimate of drug-likeness (QED) is 0.742. The minimum atomic E-state index is -0.00308. The summed E-state index contributed by atoms with van der Waals surface area (Å²) in [5, 5.41) is 2.97. The van der Waals surface area contributed by atoms with Crippen LogP contribution in [0.4, 0.5) is 10.5 Å². The first kappa shape index (κ1) is 22.3. The zero-order chi connectivity index (χ0) is 22.7. The van der Waals surface area contributed by atoms with E-state index in [0.717, 1.165) is 50.3 Å². The Balaban J connectivity index is 1.50. The molecule has 172 valence electrons. The molecule has 2 amide bonds. The van der Waals surface area contributed by atoms with Crippen LogP contribution in [0.25, 0.3) is 0 Å². The number of ether oxygens (including phenoxy) is 3. The van der Waals surface area contributed by atoms with E-state index < -0.39 is 0 Å². The summed E-state index contributed by atoms with van der Waals surface area (Å²) in [6.07, 6.45) is 2.04. The largest absolute Gasteiger partial charge is 0.493 e. The zero-order valence-corrected chi connectivity index (χ0v) is 19.4. The van der Waals surface area contributed by atoms with E-state index in [-0.39, 0.29) is 11.4 Å². The Morgan fingerprint density at radius 1 is 1.03 bits per heavy atom. The normalized spacial score (nSPS) is 17.2. The van der Waals surface area contributed by atoms with Crippen LogP contribution >= 0.6 is 0 Å². The second-order valence-electron chi connectivity index (χ2n) is 8.53. The number of piperidine rings is 1. The highest BCUT2D eigenvalue weighted by Crippen LogP contribution is 2.47. The molecule has 2 aromatic rings. The number of rotatable bonds is 6. The number of fused-ring (bicyclic) bond motifs is 2. The van der Waals surface area contributed by atoms with Crippen LogP contribution in [0.15, 0.2) is 36.4 Å². The first-order valence-corrected chi connectivity index (χ1v) is 11.2. The Hall–Kier alpha value is -2.93. The molecule has 7 nitrogen and oxygen atoms in total. The highest BCUT2D eigenvalue weighted by molar-refractivity contribution is 5.95. The minimum absolute atomic E-state index is 0.00308. The van der Waals surface area contributed by atoms with Gasteiger partial charge in [-0.2, -0.15) is 0 Å². The van der Waals surface area contributed by atoms with Gasteiger partial charge >= 0.3 is 6.03 Å². The number of methoxy groups -OCH3 is 3. The van der Waals surface area contributed by atoms with Crippen molar-refractivity contribution in [3.05, 3.63) is 47.5 Å². The third-order valence-corrected chi connectivity index (χ3v) is 6.74. The van der Waals surface area contributed by atoms with E-state index in [9.17, 15) is 4.79 Å². The summed E-state index contributed by atoms with van der Waals surface area (Å²) in [6, 6.07) is 12.4. The van der Waals surface area contributed by atoms with E-state index in [4.69, 9.17) is 14.2 Å². The maximum Gasteiger partial charge on any atom is 0.321 e. The van der Waals surface area contributed by atoms with Crippen molar-refractivity contribution in [1.29, 1.82) is 0 Å². The van der Waals surface area contributed by atoms with Crippen molar-refractivity contribution in [2.45, 2.75) is 31.7 Å². The van der Waals surface area contributed by atoms with Crippen LogP contribution in [-0.4, -0.2) is 58.4 Å². The number of nitrogens with one attached hydrogen (secondary N) is 1. The molecule has 0 unspecified atom stereocenters. The first-order chi connectivity index (χ1) is 15.5. The van der Waals surface area contributed by atoms with Crippen molar-refractivity contribution in [3.8, 4) is 17.2 Å². The van der Waals surface area contributed by atoms with Crippen molar-refractivity contribution >= 4 is 11.7 Å². The Bertz CT molecular complexity index is 944. The summed E-state index contributed by atoms with van der Waals surface area (Å²) < 4.78 is 16.5. The van der Waals surface area contributed by atoms with Crippen LogP contribution < -0.4 is 24.4 Å². The van der Waals surface area contributed by atoms with Gasteiger partial charge in [0, 0.05) is 30.7 Å². The first-order valence-electron chi connectivity index (χ1n) is 11.2. The number of carbonyl (C=O) groups is 1. The number of amides is 2. The molecule has 0 saturated carbocycles. The number of hydrogen-bond donors (Lipinski definition) is 1. The Labute approximate surface area is 190 Å². The molecule has 1 saturated heterocycles. The third kappa shape index (κ3) is 3.97. The molecule has 0 atom stereocenters. The highest BCUT2D eigenvalue weighted by atomic mass is 16.5. The molecular weight excluding hydrogens is 406 g/mol. The van der Waals surface area contributed by atoms with Gasteiger partial charge < -0.3 is 19.5 Å². The molecule has 2 heterocycles. The molecule has 2 aromatic carbocycles. The molecule has 0 aliphatic carbocycles. The fourth-order valence-corrected chi connectivity index (χ4v) is 5.11. The van der Waals surface area contributed by atoms with Gasteiger partial charge in [-0.1, -0.05) is 18.2 Å². The van der Waals surface area contributed by atoms with Gasteiger partial charge in [-0.05, 0) is 62.2 Å². The van der Waals surface area contributed by atoms with Crippen LogP contribution in [0.2, 0.25) is 0 Å². The molecule has 0 aromatic heterocycles. The number of likely N-dealkylation sites (tertiary alicyclic amines) is 1. The average molecular weight is 440 g/mol. The fourth-order valence-electron chi connectivity index (χ4n) is 5.11. The summed E-state index contributed by atoms with van der Waals surface area (Å²) in [5.41, 5.74) is 3.51. The van der Waals surface area contributed by atoms with Crippen molar-refractivity contribution < 1.29 is 19.0 Å². The highest BCUT2D eigenvalue weighted by Gasteiger charge is 2.46. The lowest BCUT2D eigenvalue weighted by Crippen LogP contribution is -2.47. The minimum Gasteiger partial charge on any atom is -0.493 e. The summed E-state index contributed by atoms with van der Waals surface area (Å²) in [7, 11) is 4.90. The number of nitrogens with zero attached hydrogens (tertiary/aromatic N) is 2. The van der Waals surface area contributed by atoms with Crippen LogP contribution in [0.3, 0.4) is 0 Å². The van der Waals surface area contributed by atoms with E-state index in [1.165, 1.54) is 5.56 Å². The molecule has 0 bridgehead atoms. The van der Waals surface area contributed by atoms with Gasteiger partial charge in [0.2, 0.25) is 5.75 Å². The lowest BCUT2D eigenvalue weighted by Gasteiger charge is -2.40. The standard InChI is InChI=1S/C25H33N3O4/c1-5-26-24(29)28-17-25(19-8-6-7-9-20(19)28)10-12-27(13-11-25)16-18-14-21(30-2)23(32-4)22(15-18)31-3/h6-9,14-15H,5,10-13,16-17H2,1-4H3,(H,26,29). The smallest absolute Gasteiger partial charge is 0.321 e. The van der Waals surface area contributed by atoms with Crippen molar-refractivity contribution in [2.24, 2.45) is 0 Å². The Kier molecular flexibility index (Phi) is 6.46. The summed E-state index contributed by atoms with van der Waals surface area (Å²) in [5.74, 6) is 1.97. The maximum absolute atomic E-state index is 12.7. The summed E-state index contributed by atoms with van der Waals surface area (Å²) >= 11 is 0. The van der Waals surface area contributed by atoms with Gasteiger partial charge in [-0.3, -0.25) is 9.80 Å². The average Bonchev–Trinajstić information content (AvgIpc) is 3.14. The predicted molar refractivity (Wildman–Crippen MR) is 125 cm³/mol. The predicted octanol–water partition coefficient (Wildman–Crippen LogP) is 3.80. The topological polar surface area (TPSA) is 63.3 Å². The second-order valence-corrected chi connectivity index (χ2v) is 8.53. The third-order valence-electron chi connectivity index (χ3n) is 6.74. The van der Waals surface area contributed by atoms with Gasteiger partial charge in [0.1, 0.15) is 0 Å². The Morgan fingerprint density at radius 3 is 2.28 bits per heavy atom. The second kappa shape index (κ2) is 9.28. The Morgan fingerprint density at radius 2 is 1.69 bits per heavy atom. The number of urea groups is 1. The summed E-state index contributed by atoms with van der Waals surface area (Å²) in [6.45, 7) is 6.08. The van der Waals surface area contributed by atoms with Crippen molar-refractivity contribution in [1.82, 2.24) is 10.2 Å². The molecule has 1 N–H and O–H groups in total. The SMILES string of the molecule is CCNC(=O)N1CC2(CCN(Cc3cc(OC)c(OC)c(OC)c3)CC2)c2ccccc21. The van der Waals surface area contributed by atoms with Crippen LogP contribution in [0, 0.1) is 0 Å². The van der Waals surface area contributed by atoms with E-state index in [1.807, 2.05) is 30.0 Å². The van der Waals surface area contributed by atoms with Crippen LogP contribution in [-0.2, 0) is 12.0 Å². The van der Waals surface area contributed by atoms with Crippen LogP contribution in [0.1, 0.15) is 30.9 Å². The van der Waals surface area contributed by atoms with Crippen molar-refractivity contribution in [2.75, 3.05) is 52.4 Å². The zero-order valence-electron chi connectivity index (χ0n) is 19.4. The van der Waals surface area contributed by atoms with Gasteiger partial charge in [-0.15, -0.1) is 0 Å². The lowest BCUT2D eigenvalue weighted by atomic mass is 9.74.